The van der Waals surface area contributed by atoms with Crippen LogP contribution in [-0.2, 0) is 6.61 Å². The van der Waals surface area contributed by atoms with Gasteiger partial charge >= 0.3 is 0 Å². The molecule has 6 heteroatoms. The Morgan fingerprint density at radius 3 is 2.53 bits per heavy atom. The minimum Gasteiger partial charge on any atom is -0.489 e. The van der Waals surface area contributed by atoms with E-state index in [0.717, 1.165) is 4.47 Å². The highest BCUT2D eigenvalue weighted by molar-refractivity contribution is 9.10. The van der Waals surface area contributed by atoms with Crippen molar-refractivity contribution >= 4 is 37.5 Å². The molecule has 0 heterocycles. The molecule has 0 saturated heterocycles. The molecule has 2 rings (SSSR count). The minimum absolute atomic E-state index is 0.132. The normalized spacial score (nSPS) is 10.5. The molecule has 0 radical (unpaired) electrons. The molecule has 0 spiro atoms. The first-order valence-corrected chi connectivity index (χ1v) is 6.87. The second-order valence-corrected chi connectivity index (χ2v) is 5.60. The first kappa shape index (κ1) is 14.3. The summed E-state index contributed by atoms with van der Waals surface area (Å²) in [7, 11) is 0. The lowest BCUT2D eigenvalue weighted by Gasteiger charge is -2.10. The van der Waals surface area contributed by atoms with Crippen LogP contribution in [0.25, 0.3) is 0 Å². The third-order valence-corrected chi connectivity index (χ3v) is 3.49. The Bertz CT molecular complexity index is 600. The number of nitrogens with two attached hydrogens (primary N) is 1. The molecule has 0 aliphatic rings. The predicted octanol–water partition coefficient (Wildman–Crippen LogP) is 4.65. The summed E-state index contributed by atoms with van der Waals surface area (Å²) in [6.07, 6.45) is 0. The zero-order chi connectivity index (χ0) is 14.0. The number of ether oxygens (including phenoxy) is 1. The van der Waals surface area contributed by atoms with Gasteiger partial charge in [-0.25, -0.2) is 8.78 Å². The summed E-state index contributed by atoms with van der Waals surface area (Å²) in [4.78, 5) is 0. The third kappa shape index (κ3) is 3.45. The SMILES string of the molecule is Nc1cc(Br)cc(OCc2c(F)ccc(Br)c2F)c1. The number of nitrogen functional groups attached to an aromatic ring is 1. The molecule has 0 amide bonds. The Balaban J connectivity index is 2.21. The van der Waals surface area contributed by atoms with Gasteiger partial charge in [-0.2, -0.15) is 0 Å². The van der Waals surface area contributed by atoms with Crippen molar-refractivity contribution < 1.29 is 13.5 Å². The van der Waals surface area contributed by atoms with E-state index in [1.807, 2.05) is 0 Å². The van der Waals surface area contributed by atoms with E-state index in [4.69, 9.17) is 10.5 Å². The summed E-state index contributed by atoms with van der Waals surface area (Å²) in [5, 5.41) is 0. The summed E-state index contributed by atoms with van der Waals surface area (Å²) in [6, 6.07) is 7.45. The Kier molecular flexibility index (Phi) is 4.42. The molecule has 0 atom stereocenters. The Labute approximate surface area is 125 Å². The van der Waals surface area contributed by atoms with Crippen molar-refractivity contribution in [1.29, 1.82) is 0 Å². The third-order valence-electron chi connectivity index (χ3n) is 2.42. The van der Waals surface area contributed by atoms with Gasteiger partial charge < -0.3 is 10.5 Å². The van der Waals surface area contributed by atoms with Gasteiger partial charge in [0.15, 0.2) is 0 Å². The van der Waals surface area contributed by atoms with Gasteiger partial charge in [0.05, 0.1) is 10.0 Å². The number of hydrogen-bond donors (Lipinski definition) is 1. The van der Waals surface area contributed by atoms with Crippen LogP contribution in [0.4, 0.5) is 14.5 Å². The predicted molar refractivity (Wildman–Crippen MR) is 76.9 cm³/mol. The average Bonchev–Trinajstić information content (AvgIpc) is 2.33. The summed E-state index contributed by atoms with van der Waals surface area (Å²) in [6.45, 7) is -0.215. The quantitative estimate of drug-likeness (QED) is 0.609. The van der Waals surface area contributed by atoms with Gasteiger partial charge in [-0.1, -0.05) is 15.9 Å². The van der Waals surface area contributed by atoms with Crippen LogP contribution in [0.3, 0.4) is 0 Å². The maximum Gasteiger partial charge on any atom is 0.146 e. The van der Waals surface area contributed by atoms with Crippen LogP contribution in [0.15, 0.2) is 39.3 Å². The lowest BCUT2D eigenvalue weighted by Crippen LogP contribution is -2.03. The van der Waals surface area contributed by atoms with E-state index in [9.17, 15) is 8.78 Å². The zero-order valence-corrected chi connectivity index (χ0v) is 12.8. The van der Waals surface area contributed by atoms with Crippen LogP contribution in [0.5, 0.6) is 5.75 Å². The van der Waals surface area contributed by atoms with Crippen molar-refractivity contribution in [3.63, 3.8) is 0 Å². The molecule has 100 valence electrons. The van der Waals surface area contributed by atoms with Gasteiger partial charge in [0.1, 0.15) is 24.0 Å². The molecular formula is C13H9Br2F2NO. The molecule has 19 heavy (non-hydrogen) atoms. The minimum atomic E-state index is -0.664. The van der Waals surface area contributed by atoms with Crippen molar-refractivity contribution in [2.45, 2.75) is 6.61 Å². The van der Waals surface area contributed by atoms with Crippen LogP contribution in [0.1, 0.15) is 5.56 Å². The topological polar surface area (TPSA) is 35.2 Å². The van der Waals surface area contributed by atoms with Crippen molar-refractivity contribution in [3.8, 4) is 5.75 Å². The molecule has 0 saturated carbocycles. The molecule has 2 aromatic carbocycles. The van der Waals surface area contributed by atoms with E-state index in [2.05, 4.69) is 31.9 Å². The van der Waals surface area contributed by atoms with Crippen molar-refractivity contribution in [2.24, 2.45) is 0 Å². The fourth-order valence-corrected chi connectivity index (χ4v) is 2.39. The summed E-state index contributed by atoms with van der Waals surface area (Å²) >= 11 is 6.27. The average molecular weight is 393 g/mol. The highest BCUT2D eigenvalue weighted by atomic mass is 79.9. The van der Waals surface area contributed by atoms with Crippen molar-refractivity contribution in [3.05, 3.63) is 56.5 Å². The molecular weight excluding hydrogens is 384 g/mol. The van der Waals surface area contributed by atoms with E-state index in [-0.39, 0.29) is 16.6 Å². The number of benzene rings is 2. The molecule has 2 nitrogen and oxygen atoms in total. The Morgan fingerprint density at radius 1 is 1.11 bits per heavy atom. The van der Waals surface area contributed by atoms with Gasteiger partial charge in [0, 0.05) is 16.2 Å². The molecule has 0 aromatic heterocycles. The Hall–Kier alpha value is -1.14. The second-order valence-electron chi connectivity index (χ2n) is 3.83. The molecule has 0 unspecified atom stereocenters. The fraction of sp³-hybridized carbons (Fsp3) is 0.0769. The number of hydrogen-bond acceptors (Lipinski definition) is 2. The summed E-state index contributed by atoms with van der Waals surface area (Å²) < 4.78 is 33.5. The van der Waals surface area contributed by atoms with E-state index in [1.54, 1.807) is 18.2 Å². The lowest BCUT2D eigenvalue weighted by molar-refractivity contribution is 0.292. The van der Waals surface area contributed by atoms with Gasteiger partial charge in [0.25, 0.3) is 0 Å². The van der Waals surface area contributed by atoms with Crippen LogP contribution < -0.4 is 10.5 Å². The molecule has 0 bridgehead atoms. The molecule has 2 N–H and O–H groups in total. The molecule has 0 fully saturated rings. The molecule has 0 aliphatic heterocycles. The highest BCUT2D eigenvalue weighted by Gasteiger charge is 2.13. The molecule has 0 aliphatic carbocycles. The van der Waals surface area contributed by atoms with E-state index in [0.29, 0.717) is 11.4 Å². The first-order valence-electron chi connectivity index (χ1n) is 5.28. The zero-order valence-electron chi connectivity index (χ0n) is 9.59. The van der Waals surface area contributed by atoms with Crippen LogP contribution in [0.2, 0.25) is 0 Å². The maximum atomic E-state index is 13.7. The monoisotopic (exact) mass is 391 g/mol. The highest BCUT2D eigenvalue weighted by Crippen LogP contribution is 2.26. The standard InChI is InChI=1S/C13H9Br2F2NO/c14-7-3-8(18)5-9(4-7)19-6-10-12(16)2-1-11(15)13(10)17/h1-5H,6,18H2. The van der Waals surface area contributed by atoms with Gasteiger partial charge in [-0.15, -0.1) is 0 Å². The summed E-state index contributed by atoms with van der Waals surface area (Å²) in [5.41, 5.74) is 6.01. The largest absolute Gasteiger partial charge is 0.489 e. The van der Waals surface area contributed by atoms with Gasteiger partial charge in [-0.3, -0.25) is 0 Å². The van der Waals surface area contributed by atoms with Crippen LogP contribution in [0, 0.1) is 11.6 Å². The van der Waals surface area contributed by atoms with Gasteiger partial charge in [-0.05, 0) is 40.2 Å². The van der Waals surface area contributed by atoms with Crippen LogP contribution >= 0.6 is 31.9 Å². The lowest BCUT2D eigenvalue weighted by atomic mass is 10.2. The van der Waals surface area contributed by atoms with Crippen molar-refractivity contribution in [1.82, 2.24) is 0 Å². The molecule has 2 aromatic rings. The number of anilines is 1. The number of halogens is 4. The second kappa shape index (κ2) is 5.88. The fourth-order valence-electron chi connectivity index (χ4n) is 1.52. The van der Waals surface area contributed by atoms with E-state index in [1.165, 1.54) is 12.1 Å². The first-order chi connectivity index (χ1) is 8.97. The smallest absolute Gasteiger partial charge is 0.146 e. The number of rotatable bonds is 3. The maximum absolute atomic E-state index is 13.7. The summed E-state index contributed by atoms with van der Waals surface area (Å²) in [5.74, 6) is -0.878. The van der Waals surface area contributed by atoms with E-state index >= 15 is 0 Å². The van der Waals surface area contributed by atoms with Gasteiger partial charge in [0.2, 0.25) is 0 Å². The van der Waals surface area contributed by atoms with Crippen LogP contribution in [-0.4, -0.2) is 0 Å². The van der Waals surface area contributed by atoms with Crippen molar-refractivity contribution in [2.75, 3.05) is 5.73 Å². The van der Waals surface area contributed by atoms with E-state index < -0.39 is 11.6 Å². The Morgan fingerprint density at radius 2 is 1.84 bits per heavy atom.